The van der Waals surface area contributed by atoms with E-state index in [4.69, 9.17) is 5.73 Å². The number of carbonyl (C=O) groups excluding carboxylic acids is 1. The van der Waals surface area contributed by atoms with Crippen molar-refractivity contribution in [1.29, 1.82) is 0 Å². The van der Waals surface area contributed by atoms with E-state index < -0.39 is 5.54 Å². The first kappa shape index (κ1) is 16.2. The molecule has 3 N–H and O–H groups in total. The van der Waals surface area contributed by atoms with Gasteiger partial charge in [0, 0.05) is 11.3 Å². The molecular weight excluding hydrogens is 268 g/mol. The molecule has 116 valence electrons. The summed E-state index contributed by atoms with van der Waals surface area (Å²) >= 11 is 2.04. The molecule has 2 rings (SSSR count). The fraction of sp³-hybridized carbons (Fsp3) is 0.938. The van der Waals surface area contributed by atoms with Gasteiger partial charge in [-0.25, -0.2) is 0 Å². The summed E-state index contributed by atoms with van der Waals surface area (Å²) < 4.78 is 0. The van der Waals surface area contributed by atoms with Crippen LogP contribution in [0.3, 0.4) is 0 Å². The van der Waals surface area contributed by atoms with E-state index in [1.807, 2.05) is 11.8 Å². The van der Waals surface area contributed by atoms with E-state index in [0.29, 0.717) is 23.1 Å². The molecule has 0 radical (unpaired) electrons. The van der Waals surface area contributed by atoms with Gasteiger partial charge in [0.05, 0.1) is 0 Å². The van der Waals surface area contributed by atoms with Gasteiger partial charge in [-0.15, -0.1) is 0 Å². The highest BCUT2D eigenvalue weighted by Gasteiger charge is 2.49. The molecule has 2 aliphatic carbocycles. The van der Waals surface area contributed by atoms with E-state index in [1.165, 1.54) is 12.8 Å². The second-order valence-corrected chi connectivity index (χ2v) is 8.44. The minimum absolute atomic E-state index is 0.117. The van der Waals surface area contributed by atoms with Crippen LogP contribution in [0, 0.1) is 11.8 Å². The standard InChI is InChI=1S/C16H30N2OS/c1-11(2)12(3)20-10-8-13-5-4-9-16(13,15(17)19)18-14-6-7-14/h11-14,18H,4-10H2,1-3H3,(H2,17,19). The normalized spacial score (nSPS) is 31.7. The third-order valence-electron chi connectivity index (χ3n) is 5.09. The Morgan fingerprint density at radius 3 is 2.60 bits per heavy atom. The van der Waals surface area contributed by atoms with E-state index in [-0.39, 0.29) is 5.91 Å². The average molecular weight is 298 g/mol. The van der Waals surface area contributed by atoms with Gasteiger partial charge >= 0.3 is 0 Å². The molecule has 3 atom stereocenters. The molecule has 3 nitrogen and oxygen atoms in total. The Bertz CT molecular complexity index is 343. The zero-order valence-electron chi connectivity index (χ0n) is 13.2. The van der Waals surface area contributed by atoms with Gasteiger partial charge in [-0.3, -0.25) is 4.79 Å². The predicted octanol–water partition coefficient (Wildman–Crippen LogP) is 2.93. The lowest BCUT2D eigenvalue weighted by Crippen LogP contribution is -2.58. The predicted molar refractivity (Wildman–Crippen MR) is 86.8 cm³/mol. The third kappa shape index (κ3) is 3.70. The van der Waals surface area contributed by atoms with Crippen molar-refractivity contribution in [2.45, 2.75) is 76.1 Å². The van der Waals surface area contributed by atoms with Gasteiger partial charge in [-0.2, -0.15) is 11.8 Å². The molecule has 0 saturated heterocycles. The van der Waals surface area contributed by atoms with Crippen LogP contribution in [0.15, 0.2) is 0 Å². The van der Waals surface area contributed by atoms with Gasteiger partial charge in [0.2, 0.25) is 5.91 Å². The third-order valence-corrected chi connectivity index (χ3v) is 6.63. The molecule has 3 unspecified atom stereocenters. The lowest BCUT2D eigenvalue weighted by Gasteiger charge is -2.34. The van der Waals surface area contributed by atoms with Gasteiger partial charge in [0.25, 0.3) is 0 Å². The molecule has 0 aromatic carbocycles. The van der Waals surface area contributed by atoms with Crippen molar-refractivity contribution in [1.82, 2.24) is 5.32 Å². The summed E-state index contributed by atoms with van der Waals surface area (Å²) in [5, 5.41) is 4.28. The Balaban J connectivity index is 1.89. The topological polar surface area (TPSA) is 55.1 Å². The number of nitrogens with two attached hydrogens (primary N) is 1. The molecule has 0 bridgehead atoms. The van der Waals surface area contributed by atoms with Crippen LogP contribution in [0.5, 0.6) is 0 Å². The second-order valence-electron chi connectivity index (χ2n) is 6.95. The van der Waals surface area contributed by atoms with E-state index in [2.05, 4.69) is 26.1 Å². The molecule has 0 aliphatic heterocycles. The van der Waals surface area contributed by atoms with Crippen molar-refractivity contribution < 1.29 is 4.79 Å². The Morgan fingerprint density at radius 2 is 2.05 bits per heavy atom. The van der Waals surface area contributed by atoms with Gasteiger partial charge in [-0.1, -0.05) is 27.2 Å². The number of hydrogen-bond acceptors (Lipinski definition) is 3. The van der Waals surface area contributed by atoms with Crippen molar-refractivity contribution in [3.05, 3.63) is 0 Å². The number of carbonyl (C=O) groups is 1. The van der Waals surface area contributed by atoms with Gasteiger partial charge in [0.1, 0.15) is 5.54 Å². The molecule has 2 aliphatic rings. The lowest BCUT2D eigenvalue weighted by atomic mass is 9.84. The molecular formula is C16H30N2OS. The Hall–Kier alpha value is -0.220. The molecule has 1 amide bonds. The summed E-state index contributed by atoms with van der Waals surface area (Å²) in [5.41, 5.74) is 5.37. The molecule has 2 saturated carbocycles. The van der Waals surface area contributed by atoms with Gasteiger partial charge in [-0.05, 0) is 49.7 Å². The lowest BCUT2D eigenvalue weighted by molar-refractivity contribution is -0.126. The van der Waals surface area contributed by atoms with Crippen molar-refractivity contribution in [2.75, 3.05) is 5.75 Å². The number of hydrogen-bond donors (Lipinski definition) is 2. The van der Waals surface area contributed by atoms with Crippen LogP contribution in [0.1, 0.15) is 59.3 Å². The Kier molecular flexibility index (Phi) is 5.41. The molecule has 0 spiro atoms. The highest BCUT2D eigenvalue weighted by atomic mass is 32.2. The second kappa shape index (κ2) is 6.69. The molecule has 20 heavy (non-hydrogen) atoms. The monoisotopic (exact) mass is 298 g/mol. The molecule has 0 aromatic heterocycles. The smallest absolute Gasteiger partial charge is 0.238 e. The van der Waals surface area contributed by atoms with Gasteiger partial charge in [0.15, 0.2) is 0 Å². The largest absolute Gasteiger partial charge is 0.368 e. The zero-order valence-corrected chi connectivity index (χ0v) is 14.0. The zero-order chi connectivity index (χ0) is 14.8. The quantitative estimate of drug-likeness (QED) is 0.724. The summed E-state index contributed by atoms with van der Waals surface area (Å²) in [6.45, 7) is 6.85. The number of rotatable bonds is 8. The van der Waals surface area contributed by atoms with E-state index in [0.717, 1.165) is 31.4 Å². The molecule has 0 aromatic rings. The van der Waals surface area contributed by atoms with Crippen LogP contribution in [0.25, 0.3) is 0 Å². The maximum atomic E-state index is 12.1. The van der Waals surface area contributed by atoms with Crippen LogP contribution < -0.4 is 11.1 Å². The van der Waals surface area contributed by atoms with E-state index >= 15 is 0 Å². The van der Waals surface area contributed by atoms with Crippen molar-refractivity contribution in [2.24, 2.45) is 17.6 Å². The number of amides is 1. The van der Waals surface area contributed by atoms with Crippen molar-refractivity contribution in [3.63, 3.8) is 0 Å². The molecule has 4 heteroatoms. The molecule has 0 heterocycles. The molecule has 2 fully saturated rings. The van der Waals surface area contributed by atoms with Crippen LogP contribution in [-0.2, 0) is 4.79 Å². The summed E-state index contributed by atoms with van der Waals surface area (Å²) in [5.74, 6) is 2.18. The first-order valence-electron chi connectivity index (χ1n) is 8.15. The summed E-state index contributed by atoms with van der Waals surface area (Å²) in [4.78, 5) is 12.1. The number of thioether (sulfide) groups is 1. The van der Waals surface area contributed by atoms with Crippen LogP contribution >= 0.6 is 11.8 Å². The fourth-order valence-corrected chi connectivity index (χ4v) is 4.41. The fourth-order valence-electron chi connectivity index (χ4n) is 3.23. The maximum absolute atomic E-state index is 12.1. The van der Waals surface area contributed by atoms with Crippen molar-refractivity contribution in [3.8, 4) is 0 Å². The van der Waals surface area contributed by atoms with Crippen molar-refractivity contribution >= 4 is 17.7 Å². The minimum atomic E-state index is -0.400. The van der Waals surface area contributed by atoms with E-state index in [1.54, 1.807) is 0 Å². The highest BCUT2D eigenvalue weighted by molar-refractivity contribution is 7.99. The average Bonchev–Trinajstić information content (AvgIpc) is 3.09. The Morgan fingerprint density at radius 1 is 1.35 bits per heavy atom. The first-order chi connectivity index (χ1) is 9.45. The summed E-state index contributed by atoms with van der Waals surface area (Å²) in [6.07, 6.45) is 6.76. The Labute approximate surface area is 127 Å². The summed E-state index contributed by atoms with van der Waals surface area (Å²) in [7, 11) is 0. The van der Waals surface area contributed by atoms with E-state index in [9.17, 15) is 4.79 Å². The van der Waals surface area contributed by atoms with Crippen LogP contribution in [0.2, 0.25) is 0 Å². The highest BCUT2D eigenvalue weighted by Crippen LogP contribution is 2.41. The maximum Gasteiger partial charge on any atom is 0.238 e. The SMILES string of the molecule is CC(C)C(C)SCCC1CCCC1(NC1CC1)C(N)=O. The number of primary amides is 1. The minimum Gasteiger partial charge on any atom is -0.368 e. The first-order valence-corrected chi connectivity index (χ1v) is 9.20. The van der Waals surface area contributed by atoms with Crippen LogP contribution in [0.4, 0.5) is 0 Å². The van der Waals surface area contributed by atoms with Crippen LogP contribution in [-0.4, -0.2) is 28.5 Å². The summed E-state index contributed by atoms with van der Waals surface area (Å²) in [6, 6.07) is 0.547. The van der Waals surface area contributed by atoms with Gasteiger partial charge < -0.3 is 11.1 Å². The number of nitrogens with one attached hydrogen (secondary N) is 1.